The summed E-state index contributed by atoms with van der Waals surface area (Å²) in [4.78, 5) is 33.6. The van der Waals surface area contributed by atoms with Gasteiger partial charge in [0.1, 0.15) is 0 Å². The lowest BCUT2D eigenvalue weighted by Crippen LogP contribution is -2.14. The number of thiazole rings is 1. The van der Waals surface area contributed by atoms with E-state index in [0.717, 1.165) is 16.8 Å². The zero-order valence-corrected chi connectivity index (χ0v) is 17.4. The maximum absolute atomic E-state index is 13.0. The average molecular weight is 401 g/mol. The summed E-state index contributed by atoms with van der Waals surface area (Å²) in [5.74, 6) is -0.446. The third kappa shape index (κ3) is 4.04. The van der Waals surface area contributed by atoms with Crippen LogP contribution in [0.15, 0.2) is 11.4 Å². The Hall–Kier alpha value is -2.81. The minimum atomic E-state index is -0.339. The number of aryl methyl sites for hydroxylation is 2. The van der Waals surface area contributed by atoms with Gasteiger partial charge in [-0.1, -0.05) is 13.8 Å². The second-order valence-electron chi connectivity index (χ2n) is 6.74. The Morgan fingerprint density at radius 1 is 1.32 bits per heavy atom. The molecule has 0 spiro atoms. The highest BCUT2D eigenvalue weighted by molar-refractivity contribution is 7.14. The molecule has 1 N–H and O–H groups in total. The highest BCUT2D eigenvalue weighted by atomic mass is 32.1. The van der Waals surface area contributed by atoms with Gasteiger partial charge in [0.25, 0.3) is 5.91 Å². The van der Waals surface area contributed by atoms with E-state index < -0.39 is 0 Å². The summed E-state index contributed by atoms with van der Waals surface area (Å²) >= 11 is 1.27. The third-order valence-corrected chi connectivity index (χ3v) is 5.03. The van der Waals surface area contributed by atoms with E-state index in [-0.39, 0.29) is 24.2 Å². The molecular formula is C19H23N5O3S. The minimum absolute atomic E-state index is 0.0823. The van der Waals surface area contributed by atoms with Crippen molar-refractivity contribution >= 4 is 39.4 Å². The zero-order valence-electron chi connectivity index (χ0n) is 16.6. The van der Waals surface area contributed by atoms with Crippen molar-refractivity contribution in [3.63, 3.8) is 0 Å². The van der Waals surface area contributed by atoms with Gasteiger partial charge in [0.05, 0.1) is 35.4 Å². The molecule has 0 aliphatic carbocycles. The highest BCUT2D eigenvalue weighted by Gasteiger charge is 2.20. The number of nitrogens with zero attached hydrogens (tertiary/aromatic N) is 4. The molecule has 3 aromatic rings. The lowest BCUT2D eigenvalue weighted by molar-refractivity contribution is -0.142. The van der Waals surface area contributed by atoms with Gasteiger partial charge in [-0.25, -0.2) is 9.97 Å². The van der Waals surface area contributed by atoms with Gasteiger partial charge in [-0.15, -0.1) is 11.3 Å². The summed E-state index contributed by atoms with van der Waals surface area (Å²) in [7, 11) is 1.82. The molecule has 0 aliphatic heterocycles. The van der Waals surface area contributed by atoms with E-state index in [0.29, 0.717) is 28.6 Å². The Kier molecular flexibility index (Phi) is 5.73. The maximum atomic E-state index is 13.0. The van der Waals surface area contributed by atoms with E-state index in [1.807, 2.05) is 33.9 Å². The average Bonchev–Trinajstić information content (AvgIpc) is 3.18. The van der Waals surface area contributed by atoms with Crippen LogP contribution >= 0.6 is 11.3 Å². The smallest absolute Gasteiger partial charge is 0.311 e. The van der Waals surface area contributed by atoms with Gasteiger partial charge < -0.3 is 4.74 Å². The first kappa shape index (κ1) is 19.9. The van der Waals surface area contributed by atoms with Crippen molar-refractivity contribution < 1.29 is 14.3 Å². The number of carbonyl (C=O) groups is 2. The first-order valence-corrected chi connectivity index (χ1v) is 9.93. The molecule has 3 rings (SSSR count). The van der Waals surface area contributed by atoms with E-state index in [1.54, 1.807) is 17.0 Å². The van der Waals surface area contributed by atoms with Crippen LogP contribution in [0, 0.1) is 6.92 Å². The van der Waals surface area contributed by atoms with Crippen LogP contribution in [0.25, 0.3) is 11.0 Å². The largest absolute Gasteiger partial charge is 0.466 e. The van der Waals surface area contributed by atoms with E-state index in [4.69, 9.17) is 4.74 Å². The second kappa shape index (κ2) is 8.05. The lowest BCUT2D eigenvalue weighted by atomic mass is 10.0. The molecule has 0 radical (unpaired) electrons. The number of rotatable bonds is 6. The maximum Gasteiger partial charge on any atom is 0.311 e. The molecule has 3 heterocycles. The predicted octanol–water partition coefficient (Wildman–Crippen LogP) is 3.21. The molecule has 0 unspecified atom stereocenters. The molecule has 3 aromatic heterocycles. The summed E-state index contributed by atoms with van der Waals surface area (Å²) in [6.07, 6.45) is 0.0823. The first-order chi connectivity index (χ1) is 13.3. The summed E-state index contributed by atoms with van der Waals surface area (Å²) in [6.45, 7) is 8.00. The molecule has 28 heavy (non-hydrogen) atoms. The van der Waals surface area contributed by atoms with Crippen molar-refractivity contribution in [1.82, 2.24) is 19.7 Å². The number of hydrogen-bond acceptors (Lipinski definition) is 7. The molecule has 1 amide bonds. The monoisotopic (exact) mass is 401 g/mol. The van der Waals surface area contributed by atoms with Gasteiger partial charge in [-0.3, -0.25) is 19.6 Å². The summed E-state index contributed by atoms with van der Waals surface area (Å²) < 4.78 is 6.62. The van der Waals surface area contributed by atoms with Gasteiger partial charge >= 0.3 is 5.97 Å². The molecule has 148 valence electrons. The van der Waals surface area contributed by atoms with Crippen molar-refractivity contribution in [2.45, 2.75) is 40.0 Å². The summed E-state index contributed by atoms with van der Waals surface area (Å²) in [5, 5.41) is 10.1. The van der Waals surface area contributed by atoms with E-state index >= 15 is 0 Å². The van der Waals surface area contributed by atoms with Crippen molar-refractivity contribution in [3.05, 3.63) is 34.1 Å². The molecule has 9 heteroatoms. The quantitative estimate of drug-likeness (QED) is 0.637. The van der Waals surface area contributed by atoms with Crippen LogP contribution in [0.4, 0.5) is 5.13 Å². The Morgan fingerprint density at radius 3 is 2.75 bits per heavy atom. The van der Waals surface area contributed by atoms with Gasteiger partial charge in [0.15, 0.2) is 10.8 Å². The molecule has 0 saturated carbocycles. The van der Waals surface area contributed by atoms with Crippen LogP contribution in [0.1, 0.15) is 54.1 Å². The Morgan fingerprint density at radius 2 is 2.07 bits per heavy atom. The minimum Gasteiger partial charge on any atom is -0.466 e. The number of hydrogen-bond donors (Lipinski definition) is 1. The highest BCUT2D eigenvalue weighted by Crippen LogP contribution is 2.26. The zero-order chi connectivity index (χ0) is 20.4. The van der Waals surface area contributed by atoms with E-state index in [1.165, 1.54) is 11.3 Å². The van der Waals surface area contributed by atoms with Crippen LogP contribution in [-0.4, -0.2) is 38.2 Å². The fourth-order valence-corrected chi connectivity index (χ4v) is 3.61. The fourth-order valence-electron chi connectivity index (χ4n) is 2.91. The molecule has 0 bridgehead atoms. The number of pyridine rings is 1. The number of carbonyl (C=O) groups excluding carboxylic acids is 2. The molecule has 0 saturated heterocycles. The number of anilines is 1. The van der Waals surface area contributed by atoms with Gasteiger partial charge in [0.2, 0.25) is 0 Å². The number of aromatic nitrogens is 4. The number of ether oxygens (including phenoxy) is 1. The topological polar surface area (TPSA) is 99.0 Å². The molecule has 0 fully saturated rings. The van der Waals surface area contributed by atoms with Crippen molar-refractivity contribution in [2.24, 2.45) is 7.05 Å². The standard InChI is InChI=1S/C19H23N5O3S/c1-6-27-15(25)7-12-9-28-19(20-12)22-18(26)13-8-14(10(2)3)21-17-16(13)11(4)23-24(17)5/h8-10H,6-7H2,1-5H3,(H,20,22,26). The third-order valence-electron chi connectivity index (χ3n) is 4.23. The van der Waals surface area contributed by atoms with Crippen LogP contribution < -0.4 is 5.32 Å². The lowest BCUT2D eigenvalue weighted by Gasteiger charge is -2.10. The number of esters is 1. The van der Waals surface area contributed by atoms with E-state index in [2.05, 4.69) is 20.4 Å². The second-order valence-corrected chi connectivity index (χ2v) is 7.60. The van der Waals surface area contributed by atoms with Gasteiger partial charge in [-0.2, -0.15) is 5.10 Å². The Balaban J connectivity index is 1.89. The Bertz CT molecular complexity index is 1040. The number of amides is 1. The van der Waals surface area contributed by atoms with Crippen LogP contribution in [0.3, 0.4) is 0 Å². The van der Waals surface area contributed by atoms with E-state index in [9.17, 15) is 9.59 Å². The molecular weight excluding hydrogens is 378 g/mol. The van der Waals surface area contributed by atoms with Gasteiger partial charge in [-0.05, 0) is 25.8 Å². The number of fused-ring (bicyclic) bond motifs is 1. The van der Waals surface area contributed by atoms with Crippen LogP contribution in [0.5, 0.6) is 0 Å². The molecule has 0 aromatic carbocycles. The van der Waals surface area contributed by atoms with Crippen LogP contribution in [0.2, 0.25) is 0 Å². The predicted molar refractivity (Wildman–Crippen MR) is 108 cm³/mol. The van der Waals surface area contributed by atoms with Crippen molar-refractivity contribution in [2.75, 3.05) is 11.9 Å². The Labute approximate surface area is 166 Å². The van der Waals surface area contributed by atoms with Crippen molar-refractivity contribution in [1.29, 1.82) is 0 Å². The molecule has 0 aliphatic rings. The normalized spacial score (nSPS) is 11.2. The molecule has 8 nitrogen and oxygen atoms in total. The summed E-state index contributed by atoms with van der Waals surface area (Å²) in [6, 6.07) is 1.81. The van der Waals surface area contributed by atoms with Crippen LogP contribution in [-0.2, 0) is 23.0 Å². The van der Waals surface area contributed by atoms with Gasteiger partial charge in [0, 0.05) is 18.1 Å². The fraction of sp³-hybridized carbons (Fsp3) is 0.421. The summed E-state index contributed by atoms with van der Waals surface area (Å²) in [5.41, 5.74) is 3.33. The number of nitrogens with one attached hydrogen (secondary N) is 1. The van der Waals surface area contributed by atoms with Crippen molar-refractivity contribution in [3.8, 4) is 0 Å². The molecule has 0 atom stereocenters. The SMILES string of the molecule is CCOC(=O)Cc1csc(NC(=O)c2cc(C(C)C)nc3c2c(C)nn3C)n1. The first-order valence-electron chi connectivity index (χ1n) is 9.05.